The number of nitrogens with one attached hydrogen (secondary N) is 2. The molecule has 8 heteroatoms. The molecule has 1 fully saturated rings. The zero-order valence-corrected chi connectivity index (χ0v) is 17.0. The second kappa shape index (κ2) is 7.84. The Labute approximate surface area is 156 Å². The van der Waals surface area contributed by atoms with E-state index >= 15 is 0 Å². The number of ether oxygens (including phenoxy) is 1. The van der Waals surface area contributed by atoms with Crippen molar-refractivity contribution in [3.8, 4) is 0 Å². The van der Waals surface area contributed by atoms with E-state index in [4.69, 9.17) is 10.5 Å². The molecule has 0 aliphatic carbocycles. The highest BCUT2D eigenvalue weighted by Gasteiger charge is 2.30. The first-order chi connectivity index (χ1) is 12.0. The molecule has 2 amide bonds. The summed E-state index contributed by atoms with van der Waals surface area (Å²) in [5, 5.41) is 10.5. The van der Waals surface area contributed by atoms with Gasteiger partial charge in [0.15, 0.2) is 0 Å². The molecule has 8 nitrogen and oxygen atoms in total. The average Bonchev–Trinajstić information content (AvgIpc) is 2.85. The van der Waals surface area contributed by atoms with Crippen LogP contribution in [0.4, 0.5) is 16.3 Å². The summed E-state index contributed by atoms with van der Waals surface area (Å²) in [5.41, 5.74) is 7.19. The van der Waals surface area contributed by atoms with Crippen molar-refractivity contribution in [3.63, 3.8) is 0 Å². The summed E-state index contributed by atoms with van der Waals surface area (Å²) in [4.78, 5) is 14.7. The Hall–Kier alpha value is -1.80. The number of nitrogens with two attached hydrogens (primary N) is 1. The van der Waals surface area contributed by atoms with Gasteiger partial charge in [-0.25, -0.2) is 9.48 Å². The van der Waals surface area contributed by atoms with Crippen LogP contribution in [-0.2, 0) is 15.7 Å². The summed E-state index contributed by atoms with van der Waals surface area (Å²) < 4.78 is 7.10. The molecule has 1 aliphatic rings. The third kappa shape index (κ3) is 5.11. The highest BCUT2D eigenvalue weighted by Crippen LogP contribution is 2.35. The van der Waals surface area contributed by atoms with Crippen molar-refractivity contribution in [2.75, 3.05) is 50.4 Å². The Bertz CT molecular complexity index is 621. The molecular weight excluding hydrogens is 332 g/mol. The molecule has 0 saturated carbocycles. The van der Waals surface area contributed by atoms with Crippen LogP contribution in [0.15, 0.2) is 0 Å². The number of carbonyl (C=O) groups is 1. The summed E-state index contributed by atoms with van der Waals surface area (Å²) >= 11 is 0. The van der Waals surface area contributed by atoms with E-state index < -0.39 is 0 Å². The van der Waals surface area contributed by atoms with Crippen LogP contribution >= 0.6 is 0 Å². The molecule has 26 heavy (non-hydrogen) atoms. The number of nitrogen functional groups attached to an aromatic ring is 1. The molecule has 0 spiro atoms. The van der Waals surface area contributed by atoms with Crippen molar-refractivity contribution >= 4 is 17.5 Å². The third-order valence-corrected chi connectivity index (χ3v) is 4.32. The van der Waals surface area contributed by atoms with E-state index in [1.165, 1.54) is 0 Å². The average molecular weight is 367 g/mol. The number of aromatic nitrogens is 2. The lowest BCUT2D eigenvalue weighted by molar-refractivity contribution is 0.0388. The number of rotatable bonds is 4. The fraction of sp³-hybridized carbons (Fsp3) is 0.778. The number of hydrogen-bond donors (Lipinski definition) is 3. The van der Waals surface area contributed by atoms with Crippen molar-refractivity contribution in [2.24, 2.45) is 0 Å². The molecule has 0 bridgehead atoms. The number of carbonyl (C=O) groups excluding carboxylic acids is 1. The molecule has 4 N–H and O–H groups in total. The first-order valence-corrected chi connectivity index (χ1v) is 9.24. The van der Waals surface area contributed by atoms with E-state index in [2.05, 4.69) is 41.4 Å². The smallest absolute Gasteiger partial charge is 0.319 e. The lowest BCUT2D eigenvalue weighted by atomic mass is 9.91. The standard InChI is InChI=1S/C18H34N6O2/c1-17(2,3)14-13(15(19)24(22-14)18(4,5)6)21-16(25)20-7-8-23-9-11-26-12-10-23/h7-12,19H2,1-6H3,(H2,20,21,25). The first-order valence-electron chi connectivity index (χ1n) is 9.24. The van der Waals surface area contributed by atoms with E-state index in [9.17, 15) is 4.79 Å². The molecule has 2 heterocycles. The van der Waals surface area contributed by atoms with Gasteiger partial charge in [0.05, 0.1) is 24.4 Å². The summed E-state index contributed by atoms with van der Waals surface area (Å²) in [6, 6.07) is -0.260. The zero-order valence-electron chi connectivity index (χ0n) is 17.0. The first kappa shape index (κ1) is 20.5. The SMILES string of the molecule is CC(C)(C)c1nn(C(C)(C)C)c(N)c1NC(=O)NCCN1CCOCC1. The maximum Gasteiger partial charge on any atom is 0.319 e. The largest absolute Gasteiger partial charge is 0.382 e. The molecule has 0 aromatic carbocycles. The minimum absolute atomic E-state index is 0.235. The van der Waals surface area contributed by atoms with Gasteiger partial charge in [0.1, 0.15) is 11.5 Å². The van der Waals surface area contributed by atoms with Crippen molar-refractivity contribution in [1.82, 2.24) is 20.0 Å². The van der Waals surface area contributed by atoms with Crippen LogP contribution in [-0.4, -0.2) is 60.1 Å². The second-order valence-electron chi connectivity index (χ2n) is 8.78. The fourth-order valence-corrected chi connectivity index (χ4v) is 2.90. The third-order valence-electron chi connectivity index (χ3n) is 4.32. The summed E-state index contributed by atoms with van der Waals surface area (Å²) in [6.07, 6.45) is 0. The topological polar surface area (TPSA) is 97.4 Å². The van der Waals surface area contributed by atoms with Gasteiger partial charge in [0, 0.05) is 31.6 Å². The van der Waals surface area contributed by atoms with Crippen LogP contribution in [0.2, 0.25) is 0 Å². The summed E-state index contributed by atoms with van der Waals surface area (Å²) in [7, 11) is 0. The van der Waals surface area contributed by atoms with Gasteiger partial charge in [-0.05, 0) is 20.8 Å². The van der Waals surface area contributed by atoms with Crippen LogP contribution in [0.5, 0.6) is 0 Å². The minimum Gasteiger partial charge on any atom is -0.382 e. The molecule has 0 atom stereocenters. The van der Waals surface area contributed by atoms with Gasteiger partial charge in [0.2, 0.25) is 0 Å². The molecule has 0 unspecified atom stereocenters. The van der Waals surface area contributed by atoms with Crippen molar-refractivity contribution < 1.29 is 9.53 Å². The van der Waals surface area contributed by atoms with Gasteiger partial charge in [0.25, 0.3) is 0 Å². The van der Waals surface area contributed by atoms with E-state index in [0.717, 1.165) is 38.5 Å². The normalized spacial score (nSPS) is 16.5. The number of hydrogen-bond acceptors (Lipinski definition) is 5. The Morgan fingerprint density at radius 2 is 1.81 bits per heavy atom. The molecule has 1 saturated heterocycles. The highest BCUT2D eigenvalue weighted by molar-refractivity contribution is 5.93. The Balaban J connectivity index is 2.04. The molecule has 1 aliphatic heterocycles. The maximum absolute atomic E-state index is 12.4. The molecule has 2 rings (SSSR count). The van der Waals surface area contributed by atoms with Crippen LogP contribution in [0.1, 0.15) is 47.2 Å². The monoisotopic (exact) mass is 366 g/mol. The number of nitrogens with zero attached hydrogens (tertiary/aromatic N) is 3. The van der Waals surface area contributed by atoms with Crippen LogP contribution in [0.3, 0.4) is 0 Å². The zero-order chi connectivity index (χ0) is 19.5. The van der Waals surface area contributed by atoms with Gasteiger partial charge in [-0.15, -0.1) is 0 Å². The molecule has 1 aromatic heterocycles. The van der Waals surface area contributed by atoms with E-state index in [1.54, 1.807) is 4.68 Å². The van der Waals surface area contributed by atoms with Gasteiger partial charge in [-0.1, -0.05) is 20.8 Å². The Kier molecular flexibility index (Phi) is 6.18. The number of amides is 2. The Morgan fingerprint density at radius 3 is 2.35 bits per heavy atom. The van der Waals surface area contributed by atoms with Gasteiger partial charge in [-0.3, -0.25) is 4.90 Å². The van der Waals surface area contributed by atoms with Crippen LogP contribution < -0.4 is 16.4 Å². The van der Waals surface area contributed by atoms with Gasteiger partial charge in [-0.2, -0.15) is 5.10 Å². The van der Waals surface area contributed by atoms with Crippen molar-refractivity contribution in [3.05, 3.63) is 5.69 Å². The predicted octanol–water partition coefficient (Wildman–Crippen LogP) is 1.97. The van der Waals surface area contributed by atoms with E-state index in [1.807, 2.05) is 20.8 Å². The predicted molar refractivity (Wildman–Crippen MR) is 105 cm³/mol. The van der Waals surface area contributed by atoms with Crippen LogP contribution in [0.25, 0.3) is 0 Å². The number of anilines is 2. The number of morpholine rings is 1. The highest BCUT2D eigenvalue weighted by atomic mass is 16.5. The molecular formula is C18H34N6O2. The summed E-state index contributed by atoms with van der Waals surface area (Å²) in [6.45, 7) is 17.0. The van der Waals surface area contributed by atoms with Gasteiger partial charge >= 0.3 is 6.03 Å². The second-order valence-corrected chi connectivity index (χ2v) is 8.78. The lowest BCUT2D eigenvalue weighted by Crippen LogP contribution is -2.42. The minimum atomic E-state index is -0.267. The lowest BCUT2D eigenvalue weighted by Gasteiger charge is -2.26. The van der Waals surface area contributed by atoms with Crippen molar-refractivity contribution in [1.29, 1.82) is 0 Å². The molecule has 148 valence electrons. The van der Waals surface area contributed by atoms with E-state index in [-0.39, 0.29) is 17.0 Å². The maximum atomic E-state index is 12.4. The Morgan fingerprint density at radius 1 is 1.19 bits per heavy atom. The quantitative estimate of drug-likeness (QED) is 0.757. The fourth-order valence-electron chi connectivity index (χ4n) is 2.90. The van der Waals surface area contributed by atoms with Crippen molar-refractivity contribution in [2.45, 2.75) is 52.5 Å². The number of urea groups is 1. The van der Waals surface area contributed by atoms with E-state index in [0.29, 0.717) is 18.1 Å². The van der Waals surface area contributed by atoms with Gasteiger partial charge < -0.3 is 21.1 Å². The van der Waals surface area contributed by atoms with Crippen LogP contribution in [0, 0.1) is 0 Å². The molecule has 0 radical (unpaired) electrons. The molecule has 1 aromatic rings. The summed E-state index contributed by atoms with van der Waals surface area (Å²) in [5.74, 6) is 0.478.